The first-order valence-corrected chi connectivity index (χ1v) is 7.16. The first-order valence-electron chi connectivity index (χ1n) is 4.77. The van der Waals surface area contributed by atoms with Crippen molar-refractivity contribution in [3.05, 3.63) is 28.3 Å². The Kier molecular flexibility index (Phi) is 4.62. The first-order chi connectivity index (χ1) is 7.42. The normalized spacial score (nSPS) is 11.8. The smallest absolute Gasteiger partial charge is 0.211 e. The molecule has 90 valence electrons. The molecule has 0 amide bonds. The molecule has 0 atom stereocenters. The van der Waals surface area contributed by atoms with Crippen LogP contribution in [0.1, 0.15) is 18.1 Å². The summed E-state index contributed by atoms with van der Waals surface area (Å²) in [6.07, 6.45) is 0. The summed E-state index contributed by atoms with van der Waals surface area (Å²) >= 11 is 11.6. The second-order valence-corrected chi connectivity index (χ2v) is 5.76. The Morgan fingerprint density at radius 3 is 2.50 bits per heavy atom. The molecule has 1 N–H and O–H groups in total. The van der Waals surface area contributed by atoms with Crippen LogP contribution >= 0.6 is 23.2 Å². The quantitative estimate of drug-likeness (QED) is 0.863. The molecule has 1 aromatic carbocycles. The molecular formula is C10H13Cl2NO2S. The summed E-state index contributed by atoms with van der Waals surface area (Å²) < 4.78 is 26.1. The topological polar surface area (TPSA) is 46.2 Å². The SMILES string of the molecule is CCNS(=O)(=O)c1cc(Cl)cc(CCl)c1C. The lowest BCUT2D eigenvalue weighted by Gasteiger charge is -2.11. The van der Waals surface area contributed by atoms with Gasteiger partial charge < -0.3 is 0 Å². The summed E-state index contributed by atoms with van der Waals surface area (Å²) in [5, 5.41) is 0.373. The van der Waals surface area contributed by atoms with Crippen molar-refractivity contribution < 1.29 is 8.42 Å². The van der Waals surface area contributed by atoms with Gasteiger partial charge in [-0.15, -0.1) is 11.6 Å². The molecule has 16 heavy (non-hydrogen) atoms. The Morgan fingerprint density at radius 2 is 2.00 bits per heavy atom. The predicted octanol–water partition coefficient (Wildman–Crippen LogP) is 2.69. The zero-order chi connectivity index (χ0) is 12.3. The summed E-state index contributed by atoms with van der Waals surface area (Å²) in [4.78, 5) is 0.192. The minimum atomic E-state index is -3.49. The van der Waals surface area contributed by atoms with Crippen LogP contribution in [0, 0.1) is 6.92 Å². The van der Waals surface area contributed by atoms with Gasteiger partial charge in [0.1, 0.15) is 0 Å². The van der Waals surface area contributed by atoms with Gasteiger partial charge in [0.25, 0.3) is 0 Å². The molecule has 0 radical (unpaired) electrons. The van der Waals surface area contributed by atoms with E-state index in [9.17, 15) is 8.42 Å². The average Bonchev–Trinajstić information content (AvgIpc) is 2.20. The van der Waals surface area contributed by atoms with Crippen molar-refractivity contribution >= 4 is 33.2 Å². The van der Waals surface area contributed by atoms with Crippen LogP contribution in [0.5, 0.6) is 0 Å². The van der Waals surface area contributed by atoms with E-state index in [1.165, 1.54) is 6.07 Å². The summed E-state index contributed by atoms with van der Waals surface area (Å²) in [6, 6.07) is 3.11. The zero-order valence-electron chi connectivity index (χ0n) is 9.05. The molecule has 0 aliphatic rings. The second-order valence-electron chi connectivity index (χ2n) is 3.32. The highest BCUT2D eigenvalue weighted by Gasteiger charge is 2.18. The second kappa shape index (κ2) is 5.36. The Balaban J connectivity index is 3.39. The Morgan fingerprint density at radius 1 is 1.38 bits per heavy atom. The number of alkyl halides is 1. The molecule has 0 saturated heterocycles. The fourth-order valence-corrected chi connectivity index (χ4v) is 3.33. The summed E-state index contributed by atoms with van der Waals surface area (Å²) in [5.41, 5.74) is 1.37. The molecule has 0 heterocycles. The van der Waals surface area contributed by atoms with Crippen LogP contribution in [-0.4, -0.2) is 15.0 Å². The summed E-state index contributed by atoms with van der Waals surface area (Å²) in [6.45, 7) is 3.78. The molecule has 0 aliphatic heterocycles. The standard InChI is InChI=1S/C10H13Cl2NO2S/c1-3-13-16(14,15)10-5-9(12)4-8(6-11)7(10)2/h4-5,13H,3,6H2,1-2H3. The zero-order valence-corrected chi connectivity index (χ0v) is 11.4. The van der Waals surface area contributed by atoms with Gasteiger partial charge in [-0.05, 0) is 30.2 Å². The fraction of sp³-hybridized carbons (Fsp3) is 0.400. The van der Waals surface area contributed by atoms with E-state index >= 15 is 0 Å². The molecular weight excluding hydrogens is 269 g/mol. The summed E-state index contributed by atoms with van der Waals surface area (Å²) in [7, 11) is -3.49. The molecule has 1 rings (SSSR count). The van der Waals surface area contributed by atoms with Gasteiger partial charge in [0.2, 0.25) is 10.0 Å². The molecule has 0 saturated carbocycles. The van der Waals surface area contributed by atoms with E-state index in [4.69, 9.17) is 23.2 Å². The van der Waals surface area contributed by atoms with E-state index < -0.39 is 10.0 Å². The molecule has 0 fully saturated rings. The third-order valence-electron chi connectivity index (χ3n) is 2.20. The van der Waals surface area contributed by atoms with Gasteiger partial charge in [0.15, 0.2) is 0 Å². The third-order valence-corrected chi connectivity index (χ3v) is 4.38. The van der Waals surface area contributed by atoms with Gasteiger partial charge in [-0.2, -0.15) is 0 Å². The molecule has 6 heteroatoms. The average molecular weight is 282 g/mol. The largest absolute Gasteiger partial charge is 0.240 e. The molecule has 0 aliphatic carbocycles. The first kappa shape index (κ1) is 13.8. The number of nitrogens with one attached hydrogen (secondary N) is 1. The summed E-state index contributed by atoms with van der Waals surface area (Å²) in [5.74, 6) is 0.237. The van der Waals surface area contributed by atoms with Gasteiger partial charge >= 0.3 is 0 Å². The molecule has 0 bridgehead atoms. The minimum Gasteiger partial charge on any atom is -0.211 e. The van der Waals surface area contributed by atoms with Gasteiger partial charge in [-0.1, -0.05) is 18.5 Å². The molecule has 3 nitrogen and oxygen atoms in total. The van der Waals surface area contributed by atoms with Gasteiger partial charge in [0, 0.05) is 17.4 Å². The molecule has 0 spiro atoms. The van der Waals surface area contributed by atoms with Crippen molar-refractivity contribution in [2.45, 2.75) is 24.6 Å². The molecule has 1 aromatic rings. The van der Waals surface area contributed by atoms with E-state index in [2.05, 4.69) is 4.72 Å². The third kappa shape index (κ3) is 2.88. The van der Waals surface area contributed by atoms with Gasteiger partial charge in [-0.3, -0.25) is 0 Å². The van der Waals surface area contributed by atoms with Crippen molar-refractivity contribution in [1.82, 2.24) is 4.72 Å². The van der Waals surface area contributed by atoms with Crippen molar-refractivity contribution in [3.63, 3.8) is 0 Å². The highest BCUT2D eigenvalue weighted by Crippen LogP contribution is 2.25. The van der Waals surface area contributed by atoms with Crippen molar-refractivity contribution in [2.75, 3.05) is 6.54 Å². The Hall–Kier alpha value is -0.290. The van der Waals surface area contributed by atoms with Crippen molar-refractivity contribution in [3.8, 4) is 0 Å². The number of hydrogen-bond donors (Lipinski definition) is 1. The Labute approximate surface area is 106 Å². The van der Waals surface area contributed by atoms with Gasteiger partial charge in [0.05, 0.1) is 4.90 Å². The lowest BCUT2D eigenvalue weighted by molar-refractivity contribution is 0.583. The molecule has 0 aromatic heterocycles. The van der Waals surface area contributed by atoms with Crippen LogP contribution in [-0.2, 0) is 15.9 Å². The van der Waals surface area contributed by atoms with Crippen LogP contribution in [0.3, 0.4) is 0 Å². The predicted molar refractivity (Wildman–Crippen MR) is 66.6 cm³/mol. The van der Waals surface area contributed by atoms with E-state index in [0.29, 0.717) is 17.1 Å². The van der Waals surface area contributed by atoms with E-state index in [1.807, 2.05) is 0 Å². The molecule has 0 unspecified atom stereocenters. The lowest BCUT2D eigenvalue weighted by Crippen LogP contribution is -2.24. The van der Waals surface area contributed by atoms with Crippen molar-refractivity contribution in [1.29, 1.82) is 0 Å². The number of sulfonamides is 1. The van der Waals surface area contributed by atoms with Crippen LogP contribution in [0.2, 0.25) is 5.02 Å². The minimum absolute atomic E-state index is 0.192. The number of benzene rings is 1. The highest BCUT2D eigenvalue weighted by atomic mass is 35.5. The number of hydrogen-bond acceptors (Lipinski definition) is 2. The Bertz CT molecular complexity index is 486. The number of rotatable bonds is 4. The monoisotopic (exact) mass is 281 g/mol. The van der Waals surface area contributed by atoms with Crippen LogP contribution < -0.4 is 4.72 Å². The lowest BCUT2D eigenvalue weighted by atomic mass is 10.1. The maximum Gasteiger partial charge on any atom is 0.240 e. The maximum atomic E-state index is 11.9. The van der Waals surface area contributed by atoms with E-state index in [-0.39, 0.29) is 10.8 Å². The van der Waals surface area contributed by atoms with Crippen molar-refractivity contribution in [2.24, 2.45) is 0 Å². The highest BCUT2D eigenvalue weighted by molar-refractivity contribution is 7.89. The number of halogens is 2. The fourth-order valence-electron chi connectivity index (χ4n) is 1.39. The maximum absolute atomic E-state index is 11.9. The van der Waals surface area contributed by atoms with Crippen LogP contribution in [0.15, 0.2) is 17.0 Å². The van der Waals surface area contributed by atoms with E-state index in [1.54, 1.807) is 19.9 Å². The van der Waals surface area contributed by atoms with Gasteiger partial charge in [-0.25, -0.2) is 13.1 Å². The van der Waals surface area contributed by atoms with Crippen LogP contribution in [0.25, 0.3) is 0 Å². The van der Waals surface area contributed by atoms with E-state index in [0.717, 1.165) is 5.56 Å². The van der Waals surface area contributed by atoms with Crippen LogP contribution in [0.4, 0.5) is 0 Å².